The third kappa shape index (κ3) is 3.36. The number of esters is 1. The SMILES string of the molecule is COC(=O)CCNS(=O)(=O)c1c(C)oc(C)c1C(=O)O. The lowest BCUT2D eigenvalue weighted by Crippen LogP contribution is -2.28. The van der Waals surface area contributed by atoms with E-state index in [1.165, 1.54) is 21.0 Å². The molecule has 0 atom stereocenters. The molecule has 1 aromatic rings. The monoisotopic (exact) mass is 305 g/mol. The van der Waals surface area contributed by atoms with Gasteiger partial charge in [-0.05, 0) is 13.8 Å². The predicted molar refractivity (Wildman–Crippen MR) is 67.0 cm³/mol. The summed E-state index contributed by atoms with van der Waals surface area (Å²) in [5, 5.41) is 9.05. The highest BCUT2D eigenvalue weighted by atomic mass is 32.2. The molecule has 1 rings (SSSR count). The first-order valence-corrected chi connectivity index (χ1v) is 7.08. The van der Waals surface area contributed by atoms with Gasteiger partial charge in [0.2, 0.25) is 10.0 Å². The normalized spacial score (nSPS) is 11.3. The van der Waals surface area contributed by atoms with Gasteiger partial charge in [0, 0.05) is 6.54 Å². The number of nitrogens with one attached hydrogen (secondary N) is 1. The number of ether oxygens (including phenoxy) is 1. The van der Waals surface area contributed by atoms with Crippen LogP contribution < -0.4 is 4.72 Å². The Labute approximate surface area is 115 Å². The van der Waals surface area contributed by atoms with Gasteiger partial charge in [0.25, 0.3) is 0 Å². The van der Waals surface area contributed by atoms with Crippen LogP contribution in [0.25, 0.3) is 0 Å². The van der Waals surface area contributed by atoms with Gasteiger partial charge >= 0.3 is 11.9 Å². The molecule has 0 aliphatic rings. The fourth-order valence-electron chi connectivity index (χ4n) is 1.70. The Hall–Kier alpha value is -1.87. The predicted octanol–water partition coefficient (Wildman–Crippen LogP) is 0.436. The lowest BCUT2D eigenvalue weighted by molar-refractivity contribution is -0.140. The number of carboxylic acids is 1. The van der Waals surface area contributed by atoms with Crippen LogP contribution in [0.2, 0.25) is 0 Å². The van der Waals surface area contributed by atoms with E-state index in [2.05, 4.69) is 9.46 Å². The molecule has 2 N–H and O–H groups in total. The Kier molecular flexibility index (Phi) is 4.90. The lowest BCUT2D eigenvalue weighted by atomic mass is 10.2. The van der Waals surface area contributed by atoms with Crippen molar-refractivity contribution in [1.29, 1.82) is 0 Å². The Morgan fingerprint density at radius 2 is 1.90 bits per heavy atom. The molecular weight excluding hydrogens is 290 g/mol. The number of methoxy groups -OCH3 is 1. The summed E-state index contributed by atoms with van der Waals surface area (Å²) in [6.07, 6.45) is -0.159. The Morgan fingerprint density at radius 3 is 2.40 bits per heavy atom. The highest BCUT2D eigenvalue weighted by Gasteiger charge is 2.30. The second kappa shape index (κ2) is 6.06. The summed E-state index contributed by atoms with van der Waals surface area (Å²) in [7, 11) is -2.90. The fourth-order valence-corrected chi connectivity index (χ4v) is 3.13. The minimum Gasteiger partial charge on any atom is -0.478 e. The molecule has 0 radical (unpaired) electrons. The van der Waals surface area contributed by atoms with Gasteiger partial charge in [0.05, 0.1) is 13.5 Å². The van der Waals surface area contributed by atoms with Crippen LogP contribution in [0.5, 0.6) is 0 Å². The molecule has 8 nitrogen and oxygen atoms in total. The lowest BCUT2D eigenvalue weighted by Gasteiger charge is -2.06. The highest BCUT2D eigenvalue weighted by molar-refractivity contribution is 7.89. The Bertz CT molecular complexity index is 629. The molecule has 0 bridgehead atoms. The zero-order valence-electron chi connectivity index (χ0n) is 11.2. The van der Waals surface area contributed by atoms with Gasteiger partial charge in [-0.15, -0.1) is 0 Å². The first-order chi connectivity index (χ1) is 9.20. The summed E-state index contributed by atoms with van der Waals surface area (Å²) in [6, 6.07) is 0. The molecule has 112 valence electrons. The molecule has 9 heteroatoms. The van der Waals surface area contributed by atoms with Gasteiger partial charge < -0.3 is 14.3 Å². The number of carbonyl (C=O) groups excluding carboxylic acids is 1. The summed E-state index contributed by atoms with van der Waals surface area (Å²) in [4.78, 5) is 21.6. The Morgan fingerprint density at radius 1 is 1.30 bits per heavy atom. The zero-order valence-corrected chi connectivity index (χ0v) is 12.0. The van der Waals surface area contributed by atoms with Crippen molar-refractivity contribution in [1.82, 2.24) is 4.72 Å². The third-order valence-electron chi connectivity index (χ3n) is 2.54. The molecule has 0 unspecified atom stereocenters. The summed E-state index contributed by atoms with van der Waals surface area (Å²) in [6.45, 7) is 2.52. The van der Waals surface area contributed by atoms with E-state index < -0.39 is 32.4 Å². The van der Waals surface area contributed by atoms with E-state index in [9.17, 15) is 18.0 Å². The van der Waals surface area contributed by atoms with Crippen molar-refractivity contribution in [3.8, 4) is 0 Å². The molecule has 1 aromatic heterocycles. The van der Waals surface area contributed by atoms with Crippen LogP contribution in [-0.4, -0.2) is 39.1 Å². The van der Waals surface area contributed by atoms with Crippen molar-refractivity contribution in [2.75, 3.05) is 13.7 Å². The molecule has 20 heavy (non-hydrogen) atoms. The van der Waals surface area contributed by atoms with Gasteiger partial charge in [-0.3, -0.25) is 4.79 Å². The zero-order chi connectivity index (χ0) is 15.5. The molecule has 0 spiro atoms. The van der Waals surface area contributed by atoms with Crippen LogP contribution in [0.1, 0.15) is 28.3 Å². The fraction of sp³-hybridized carbons (Fsp3) is 0.455. The smallest absolute Gasteiger partial charge is 0.340 e. The molecule has 0 aliphatic carbocycles. The quantitative estimate of drug-likeness (QED) is 0.731. The molecule has 1 heterocycles. The van der Waals surface area contributed by atoms with Gasteiger partial charge in [-0.1, -0.05) is 0 Å². The van der Waals surface area contributed by atoms with E-state index in [0.717, 1.165) is 0 Å². The molecular formula is C11H15NO7S. The van der Waals surface area contributed by atoms with Crippen molar-refractivity contribution >= 4 is 22.0 Å². The van der Waals surface area contributed by atoms with Crippen molar-refractivity contribution in [3.63, 3.8) is 0 Å². The van der Waals surface area contributed by atoms with Crippen LogP contribution >= 0.6 is 0 Å². The van der Waals surface area contributed by atoms with Gasteiger partial charge in [-0.2, -0.15) is 0 Å². The number of rotatable bonds is 6. The van der Waals surface area contributed by atoms with Crippen LogP contribution in [0, 0.1) is 13.8 Å². The van der Waals surface area contributed by atoms with E-state index in [1.54, 1.807) is 0 Å². The average Bonchev–Trinajstić information content (AvgIpc) is 2.64. The van der Waals surface area contributed by atoms with E-state index in [0.29, 0.717) is 0 Å². The van der Waals surface area contributed by atoms with Crippen molar-refractivity contribution in [2.45, 2.75) is 25.2 Å². The van der Waals surface area contributed by atoms with E-state index in [-0.39, 0.29) is 24.5 Å². The molecule has 0 amide bonds. The standard InChI is InChI=1S/C11H15NO7S/c1-6-9(11(14)15)10(7(2)19-6)20(16,17)12-5-4-8(13)18-3/h12H,4-5H2,1-3H3,(H,14,15). The number of carboxylic acid groups (broad SMARTS) is 1. The van der Waals surface area contributed by atoms with Crippen LogP contribution in [0.4, 0.5) is 0 Å². The topological polar surface area (TPSA) is 123 Å². The number of sulfonamides is 1. The first kappa shape index (κ1) is 16.2. The van der Waals surface area contributed by atoms with Gasteiger partial charge in [-0.25, -0.2) is 17.9 Å². The number of aryl methyl sites for hydroxylation is 2. The number of furan rings is 1. The Balaban J connectivity index is 3.04. The number of carbonyl (C=O) groups is 2. The first-order valence-electron chi connectivity index (χ1n) is 5.60. The second-order valence-electron chi connectivity index (χ2n) is 3.95. The van der Waals surface area contributed by atoms with E-state index >= 15 is 0 Å². The minimum atomic E-state index is -4.08. The maximum absolute atomic E-state index is 12.1. The number of hydrogen-bond donors (Lipinski definition) is 2. The maximum atomic E-state index is 12.1. The highest BCUT2D eigenvalue weighted by Crippen LogP contribution is 2.26. The molecule has 0 saturated heterocycles. The average molecular weight is 305 g/mol. The number of hydrogen-bond acceptors (Lipinski definition) is 6. The van der Waals surface area contributed by atoms with Gasteiger partial charge in [0.1, 0.15) is 22.0 Å². The van der Waals surface area contributed by atoms with Crippen molar-refractivity contribution in [3.05, 3.63) is 17.1 Å². The van der Waals surface area contributed by atoms with E-state index in [4.69, 9.17) is 9.52 Å². The largest absolute Gasteiger partial charge is 0.478 e. The van der Waals surface area contributed by atoms with Crippen molar-refractivity contribution in [2.24, 2.45) is 0 Å². The van der Waals surface area contributed by atoms with Crippen LogP contribution in [0.15, 0.2) is 9.31 Å². The molecule has 0 aromatic carbocycles. The molecule has 0 aliphatic heterocycles. The minimum absolute atomic E-state index is 0.00310. The third-order valence-corrected chi connectivity index (χ3v) is 4.15. The summed E-state index contributed by atoms with van der Waals surface area (Å²) >= 11 is 0. The summed E-state index contributed by atoms with van der Waals surface area (Å²) in [5.41, 5.74) is -0.409. The number of aromatic carboxylic acids is 1. The maximum Gasteiger partial charge on any atom is 0.340 e. The summed E-state index contributed by atoms with van der Waals surface area (Å²) in [5.74, 6) is -1.99. The second-order valence-corrected chi connectivity index (χ2v) is 5.65. The van der Waals surface area contributed by atoms with E-state index in [1.807, 2.05) is 0 Å². The van der Waals surface area contributed by atoms with Gasteiger partial charge in [0.15, 0.2) is 0 Å². The van der Waals surface area contributed by atoms with Crippen LogP contribution in [-0.2, 0) is 19.6 Å². The molecule has 0 fully saturated rings. The van der Waals surface area contributed by atoms with Crippen LogP contribution in [0.3, 0.4) is 0 Å². The molecule has 0 saturated carbocycles. The van der Waals surface area contributed by atoms with Crippen molar-refractivity contribution < 1.29 is 32.3 Å². The summed E-state index contributed by atoms with van der Waals surface area (Å²) < 4.78 is 35.7.